The minimum Gasteiger partial charge on any atom is -0.381 e. The second-order valence-corrected chi connectivity index (χ2v) is 4.30. The Kier molecular flexibility index (Phi) is 3.81. The summed E-state index contributed by atoms with van der Waals surface area (Å²) >= 11 is 6.05. The maximum absolute atomic E-state index is 8.95. The van der Waals surface area contributed by atoms with E-state index in [9.17, 15) is 0 Å². The summed E-state index contributed by atoms with van der Waals surface area (Å²) < 4.78 is 0. The van der Waals surface area contributed by atoms with E-state index in [1.165, 1.54) is 0 Å². The lowest BCUT2D eigenvalue weighted by atomic mass is 10.1. The van der Waals surface area contributed by atoms with Gasteiger partial charge in [-0.15, -0.1) is 0 Å². The Morgan fingerprint density at radius 2 is 2.17 bits per heavy atom. The largest absolute Gasteiger partial charge is 0.381 e. The van der Waals surface area contributed by atoms with Crippen LogP contribution in [0.4, 0.5) is 5.69 Å². The topological polar surface area (TPSA) is 48.7 Å². The first-order valence-corrected chi connectivity index (χ1v) is 5.93. The van der Waals surface area contributed by atoms with Crippen molar-refractivity contribution in [3.05, 3.63) is 58.4 Å². The van der Waals surface area contributed by atoms with Crippen LogP contribution in [0.2, 0.25) is 5.02 Å². The quantitative estimate of drug-likeness (QED) is 0.915. The summed E-state index contributed by atoms with van der Waals surface area (Å²) in [6.07, 6.45) is 1.62. The molecule has 0 saturated carbocycles. The molecule has 2 aromatic rings. The highest BCUT2D eigenvalue weighted by atomic mass is 35.5. The summed E-state index contributed by atoms with van der Waals surface area (Å²) in [5.74, 6) is 0. The van der Waals surface area contributed by atoms with E-state index in [2.05, 4.69) is 16.4 Å². The van der Waals surface area contributed by atoms with Gasteiger partial charge in [-0.1, -0.05) is 23.7 Å². The molecule has 18 heavy (non-hydrogen) atoms. The van der Waals surface area contributed by atoms with E-state index < -0.39 is 0 Å². The minimum atomic E-state index is 0.449. The van der Waals surface area contributed by atoms with Crippen LogP contribution in [0.1, 0.15) is 16.8 Å². The molecule has 0 bridgehead atoms. The normalized spacial score (nSPS) is 9.83. The number of hydrogen-bond donors (Lipinski definition) is 1. The number of nitriles is 1. The number of nitrogens with zero attached hydrogens (tertiary/aromatic N) is 2. The molecule has 0 atom stereocenters. The van der Waals surface area contributed by atoms with Crippen LogP contribution < -0.4 is 5.32 Å². The zero-order valence-electron chi connectivity index (χ0n) is 9.94. The Balaban J connectivity index is 2.17. The molecule has 1 aromatic carbocycles. The Bertz CT molecular complexity index is 602. The van der Waals surface area contributed by atoms with E-state index in [-0.39, 0.29) is 0 Å². The van der Waals surface area contributed by atoms with Gasteiger partial charge < -0.3 is 5.32 Å². The van der Waals surface area contributed by atoms with Crippen molar-refractivity contribution in [2.45, 2.75) is 13.5 Å². The molecule has 3 nitrogen and oxygen atoms in total. The monoisotopic (exact) mass is 257 g/mol. The van der Waals surface area contributed by atoms with Gasteiger partial charge in [-0.05, 0) is 30.7 Å². The highest BCUT2D eigenvalue weighted by Crippen LogP contribution is 2.23. The molecule has 0 unspecified atom stereocenters. The summed E-state index contributed by atoms with van der Waals surface area (Å²) in [6, 6.07) is 11.5. The highest BCUT2D eigenvalue weighted by Gasteiger charge is 2.04. The van der Waals surface area contributed by atoms with E-state index in [1.54, 1.807) is 6.20 Å². The summed E-state index contributed by atoms with van der Waals surface area (Å²) in [5, 5.41) is 13.0. The van der Waals surface area contributed by atoms with E-state index >= 15 is 0 Å². The lowest BCUT2D eigenvalue weighted by molar-refractivity contribution is 1.08. The van der Waals surface area contributed by atoms with Crippen LogP contribution in [0.15, 0.2) is 36.5 Å². The van der Waals surface area contributed by atoms with Gasteiger partial charge in [0, 0.05) is 29.0 Å². The predicted octanol–water partition coefficient (Wildman–Crippen LogP) is 3.53. The van der Waals surface area contributed by atoms with Gasteiger partial charge in [0.25, 0.3) is 0 Å². The van der Waals surface area contributed by atoms with Crippen molar-refractivity contribution in [1.82, 2.24) is 4.98 Å². The Hall–Kier alpha value is -2.05. The van der Waals surface area contributed by atoms with Crippen molar-refractivity contribution in [3.63, 3.8) is 0 Å². The molecule has 90 valence electrons. The number of hydrogen-bond acceptors (Lipinski definition) is 3. The van der Waals surface area contributed by atoms with Crippen molar-refractivity contribution < 1.29 is 0 Å². The first-order chi connectivity index (χ1) is 8.72. The van der Waals surface area contributed by atoms with Crippen molar-refractivity contribution in [3.8, 4) is 6.07 Å². The second kappa shape index (κ2) is 5.52. The summed E-state index contributed by atoms with van der Waals surface area (Å²) in [6.45, 7) is 2.51. The van der Waals surface area contributed by atoms with Crippen LogP contribution >= 0.6 is 11.6 Å². The van der Waals surface area contributed by atoms with Crippen LogP contribution in [-0.2, 0) is 6.54 Å². The Morgan fingerprint density at radius 1 is 1.33 bits per heavy atom. The fraction of sp³-hybridized carbons (Fsp3) is 0.143. The third-order valence-electron chi connectivity index (χ3n) is 2.73. The molecule has 0 aliphatic rings. The fourth-order valence-electron chi connectivity index (χ4n) is 1.67. The van der Waals surface area contributed by atoms with Crippen molar-refractivity contribution in [1.29, 1.82) is 5.26 Å². The average molecular weight is 258 g/mol. The molecular formula is C14H12ClN3. The van der Waals surface area contributed by atoms with Crippen LogP contribution in [0, 0.1) is 18.3 Å². The van der Waals surface area contributed by atoms with Gasteiger partial charge in [0.1, 0.15) is 11.8 Å². The maximum atomic E-state index is 8.95. The maximum Gasteiger partial charge on any atom is 0.145 e. The van der Waals surface area contributed by atoms with E-state index in [1.807, 2.05) is 37.3 Å². The molecule has 0 amide bonds. The molecule has 1 heterocycles. The fourth-order valence-corrected chi connectivity index (χ4v) is 1.85. The summed E-state index contributed by atoms with van der Waals surface area (Å²) in [7, 11) is 0. The minimum absolute atomic E-state index is 0.449. The van der Waals surface area contributed by atoms with Crippen molar-refractivity contribution >= 4 is 17.3 Å². The van der Waals surface area contributed by atoms with Gasteiger partial charge in [-0.25, -0.2) is 4.98 Å². The molecule has 0 radical (unpaired) electrons. The van der Waals surface area contributed by atoms with Gasteiger partial charge in [-0.3, -0.25) is 0 Å². The van der Waals surface area contributed by atoms with Gasteiger partial charge in [-0.2, -0.15) is 5.26 Å². The predicted molar refractivity (Wildman–Crippen MR) is 72.5 cm³/mol. The number of halogens is 1. The number of rotatable bonds is 3. The molecule has 0 aliphatic carbocycles. The molecule has 2 rings (SSSR count). The highest BCUT2D eigenvalue weighted by molar-refractivity contribution is 6.31. The van der Waals surface area contributed by atoms with Gasteiger partial charge in [0.05, 0.1) is 0 Å². The lowest BCUT2D eigenvalue weighted by Crippen LogP contribution is -2.04. The smallest absolute Gasteiger partial charge is 0.145 e. The van der Waals surface area contributed by atoms with Gasteiger partial charge in [0.2, 0.25) is 0 Å². The van der Waals surface area contributed by atoms with Crippen LogP contribution in [0.25, 0.3) is 0 Å². The van der Waals surface area contributed by atoms with Gasteiger partial charge >= 0.3 is 0 Å². The van der Waals surface area contributed by atoms with Gasteiger partial charge in [0.15, 0.2) is 0 Å². The third kappa shape index (κ3) is 2.61. The molecule has 0 saturated heterocycles. The zero-order valence-corrected chi connectivity index (χ0v) is 10.7. The molecule has 0 fully saturated rings. The second-order valence-electron chi connectivity index (χ2n) is 3.89. The summed E-state index contributed by atoms with van der Waals surface area (Å²) in [5.41, 5.74) is 3.29. The lowest BCUT2D eigenvalue weighted by Gasteiger charge is -2.11. The average Bonchev–Trinajstić information content (AvgIpc) is 2.41. The molecule has 4 heteroatoms. The first-order valence-electron chi connectivity index (χ1n) is 5.55. The molecule has 1 aromatic heterocycles. The molecule has 0 spiro atoms. The number of anilines is 1. The Morgan fingerprint density at radius 3 is 2.94 bits per heavy atom. The standard InChI is InChI=1S/C14H12ClN3/c1-10-12(15)5-2-6-13(10)18-9-11-4-3-7-17-14(11)8-16/h2-7,18H,9H2,1H3. The number of aromatic nitrogens is 1. The molecule has 0 aliphatic heterocycles. The molecular weight excluding hydrogens is 246 g/mol. The number of benzene rings is 1. The number of pyridine rings is 1. The van der Waals surface area contributed by atoms with E-state index in [0.29, 0.717) is 12.2 Å². The first kappa shape index (κ1) is 12.4. The zero-order chi connectivity index (χ0) is 13.0. The van der Waals surface area contributed by atoms with Crippen LogP contribution in [0.5, 0.6) is 0 Å². The van der Waals surface area contributed by atoms with Crippen LogP contribution in [0.3, 0.4) is 0 Å². The van der Waals surface area contributed by atoms with Crippen molar-refractivity contribution in [2.24, 2.45) is 0 Å². The summed E-state index contributed by atoms with van der Waals surface area (Å²) in [4.78, 5) is 4.02. The Labute approximate surface area is 111 Å². The number of nitrogens with one attached hydrogen (secondary N) is 1. The third-order valence-corrected chi connectivity index (χ3v) is 3.14. The van der Waals surface area contributed by atoms with Crippen LogP contribution in [-0.4, -0.2) is 4.98 Å². The van der Waals surface area contributed by atoms with E-state index in [0.717, 1.165) is 21.8 Å². The SMILES string of the molecule is Cc1c(Cl)cccc1NCc1cccnc1C#N. The van der Waals surface area contributed by atoms with E-state index in [4.69, 9.17) is 16.9 Å². The van der Waals surface area contributed by atoms with Crippen molar-refractivity contribution in [2.75, 3.05) is 5.32 Å². The molecule has 1 N–H and O–H groups in total.